The van der Waals surface area contributed by atoms with Crippen LogP contribution in [0.5, 0.6) is 11.5 Å². The molecule has 13 aromatic rings. The van der Waals surface area contributed by atoms with E-state index in [1.165, 1.54) is 0 Å². The summed E-state index contributed by atoms with van der Waals surface area (Å²) < 4.78 is 107. The van der Waals surface area contributed by atoms with Gasteiger partial charge in [0.1, 0.15) is 0 Å². The molecule has 352 valence electrons. The molecule has 4 aromatic heterocycles. The van der Waals surface area contributed by atoms with E-state index in [-0.39, 0.29) is 33.4 Å². The van der Waals surface area contributed by atoms with Crippen molar-refractivity contribution in [3.8, 4) is 62.7 Å². The summed E-state index contributed by atoms with van der Waals surface area (Å²) in [4.78, 5) is 4.84. The summed E-state index contributed by atoms with van der Waals surface area (Å²) in [6.45, 7) is 6.45. The second-order valence-electron chi connectivity index (χ2n) is 18.7. The summed E-state index contributed by atoms with van der Waals surface area (Å²) in [7, 11) is 0. The Labute approximate surface area is 447 Å². The van der Waals surface area contributed by atoms with Gasteiger partial charge in [-0.15, -0.1) is 0 Å². The van der Waals surface area contributed by atoms with E-state index in [0.29, 0.717) is 49.1 Å². The van der Waals surface area contributed by atoms with Crippen LogP contribution in [0.3, 0.4) is 0 Å². The molecule has 0 saturated carbocycles. The Kier molecular flexibility index (Phi) is 8.26. The molecule has 0 radical (unpaired) electrons. The summed E-state index contributed by atoms with van der Waals surface area (Å²) in [6, 6.07) is 46.6. The number of imidazole rings is 1. The first-order chi connectivity index (χ1) is 39.9. The molecule has 0 fully saturated rings. The zero-order chi connectivity index (χ0) is 58.1. The first-order valence-electron chi connectivity index (χ1n) is 28.6. The van der Waals surface area contributed by atoms with Crippen LogP contribution in [-0.4, -0.2) is 23.3 Å². The normalized spacial score (nSPS) is 13.8. The van der Waals surface area contributed by atoms with Crippen LogP contribution in [0.1, 0.15) is 45.6 Å². The van der Waals surface area contributed by atoms with Gasteiger partial charge < -0.3 is 0 Å². The number of fused-ring (bicyclic) bond motifs is 7. The molecule has 8 heteroatoms. The quantitative estimate of drug-likeness (QED) is 0.152. The van der Waals surface area contributed by atoms with E-state index in [1.54, 1.807) is 24.4 Å². The van der Waals surface area contributed by atoms with E-state index in [2.05, 4.69) is 56.8 Å². The van der Waals surface area contributed by atoms with Gasteiger partial charge in [0.25, 0.3) is 0 Å². The second-order valence-corrected chi connectivity index (χ2v) is 19.8. The monoisotopic (exact) mass is 1130 g/mol. The van der Waals surface area contributed by atoms with Crippen molar-refractivity contribution in [1.29, 1.82) is 5.26 Å². The SMILES string of the molecule is [2H]c1c([2H])c([2H])c(-c2cc(-n3c4ccccc4c4ccccc43)cc(-c3c([2H])c([2H])c([2H])c([2H])c3[2H])c2-n2[c](=[Pt])n(-c3cccc(Oc4cc(C#N)c5c6ccccc6n(-c6cc(C(C)(C)C)ccn6)c5c4)c3)c3ccccc32)c([2H])c1[2H]. The van der Waals surface area contributed by atoms with Crippen LogP contribution in [0.2, 0.25) is 0 Å². The summed E-state index contributed by atoms with van der Waals surface area (Å²) in [5.74, 6) is 1.52. The fraction of sp³-hybridized carbons (Fsp3) is 0.0615. The summed E-state index contributed by atoms with van der Waals surface area (Å²) in [5, 5.41) is 14.2. The Morgan fingerprint density at radius 1 is 0.521 bits per heavy atom. The van der Waals surface area contributed by atoms with Gasteiger partial charge in [0.05, 0.1) is 0 Å². The van der Waals surface area contributed by atoms with Crippen molar-refractivity contribution in [3.05, 3.63) is 239 Å². The van der Waals surface area contributed by atoms with Gasteiger partial charge in [-0.1, -0.05) is 32.9 Å². The molecule has 9 aromatic carbocycles. The molecule has 0 aliphatic heterocycles. The molecule has 0 bridgehead atoms. The van der Waals surface area contributed by atoms with E-state index in [1.807, 2.05) is 147 Å². The first kappa shape index (κ1) is 34.5. The van der Waals surface area contributed by atoms with Gasteiger partial charge in [0, 0.05) is 6.20 Å². The van der Waals surface area contributed by atoms with Gasteiger partial charge >= 0.3 is 393 Å². The Hall–Kier alpha value is -8.82. The van der Waals surface area contributed by atoms with Gasteiger partial charge in [0.15, 0.2) is 0 Å². The Bertz CT molecular complexity index is 4860. The first-order valence-corrected chi connectivity index (χ1v) is 24.7. The molecule has 0 aliphatic carbocycles. The van der Waals surface area contributed by atoms with Gasteiger partial charge in [0.2, 0.25) is 0 Å². The van der Waals surface area contributed by atoms with Crippen molar-refractivity contribution in [1.82, 2.24) is 23.3 Å². The van der Waals surface area contributed by atoms with Crippen LogP contribution in [0.25, 0.3) is 99.8 Å². The van der Waals surface area contributed by atoms with Crippen LogP contribution in [0.4, 0.5) is 0 Å². The maximum absolute atomic E-state index is 10.8. The number of pyridine rings is 1. The van der Waals surface area contributed by atoms with Crippen molar-refractivity contribution >= 4 is 54.6 Å². The number of rotatable bonds is 8. The minimum atomic E-state index is -0.593. The van der Waals surface area contributed by atoms with Crippen LogP contribution in [0.15, 0.2) is 224 Å². The number of benzene rings is 9. The predicted molar refractivity (Wildman–Crippen MR) is 293 cm³/mol. The molecule has 0 atom stereocenters. The number of hydrogen-bond donors (Lipinski definition) is 0. The third kappa shape index (κ3) is 7.37. The number of nitrogens with zero attached hydrogens (tertiary/aromatic N) is 6. The summed E-state index contributed by atoms with van der Waals surface area (Å²) in [6.07, 6.45) is 1.80. The average molecular weight is 1130 g/mol. The van der Waals surface area contributed by atoms with Gasteiger partial charge in [-0.05, 0) is 17.0 Å². The molecular weight excluding hydrogens is 1080 g/mol. The van der Waals surface area contributed by atoms with Crippen LogP contribution < -0.4 is 4.74 Å². The molecule has 0 unspecified atom stereocenters. The Morgan fingerprint density at radius 3 is 1.68 bits per heavy atom. The average Bonchev–Trinajstić information content (AvgIpc) is 2.59. The third-order valence-corrected chi connectivity index (χ3v) is 14.4. The molecule has 0 amide bonds. The molecule has 73 heavy (non-hydrogen) atoms. The maximum atomic E-state index is 10.8. The molecular formula is C65H46N6OPt. The molecule has 4 heterocycles. The van der Waals surface area contributed by atoms with E-state index in [9.17, 15) is 10.7 Å². The molecule has 0 spiro atoms. The van der Waals surface area contributed by atoms with Crippen molar-refractivity contribution in [2.24, 2.45) is 0 Å². The van der Waals surface area contributed by atoms with Crippen LogP contribution in [-0.2, 0) is 24.8 Å². The van der Waals surface area contributed by atoms with Crippen molar-refractivity contribution in [3.63, 3.8) is 0 Å². The van der Waals surface area contributed by atoms with Gasteiger partial charge in [-0.2, -0.15) is 0 Å². The topological polar surface area (TPSA) is 65.6 Å². The van der Waals surface area contributed by atoms with Crippen LogP contribution in [0, 0.1) is 15.1 Å². The molecule has 0 aliphatic rings. The number of ether oxygens (including phenoxy) is 1. The second kappa shape index (κ2) is 17.5. The zero-order valence-corrected chi connectivity index (χ0v) is 41.8. The molecule has 13 rings (SSSR count). The van der Waals surface area contributed by atoms with E-state index < -0.39 is 60.4 Å². The predicted octanol–water partition coefficient (Wildman–Crippen LogP) is 16.4. The molecule has 0 saturated heterocycles. The van der Waals surface area contributed by atoms with Crippen molar-refractivity contribution < 1.29 is 37.8 Å². The number of nitriles is 1. The third-order valence-electron chi connectivity index (χ3n) is 13.4. The summed E-state index contributed by atoms with van der Waals surface area (Å²) in [5.41, 5.74) is 6.92. The number of para-hydroxylation sites is 5. The van der Waals surface area contributed by atoms with Crippen molar-refractivity contribution in [2.75, 3.05) is 0 Å². The van der Waals surface area contributed by atoms with Crippen molar-refractivity contribution in [2.45, 2.75) is 26.2 Å². The number of aromatic nitrogens is 5. The molecule has 7 nitrogen and oxygen atoms in total. The van der Waals surface area contributed by atoms with Gasteiger partial charge in [-0.25, -0.2) is 0 Å². The van der Waals surface area contributed by atoms with E-state index >= 15 is 0 Å². The van der Waals surface area contributed by atoms with E-state index in [0.717, 1.165) is 49.2 Å². The fourth-order valence-electron chi connectivity index (χ4n) is 10.2. The number of hydrogen-bond acceptors (Lipinski definition) is 3. The van der Waals surface area contributed by atoms with Crippen LogP contribution >= 0.6 is 0 Å². The zero-order valence-electron chi connectivity index (χ0n) is 49.5. The minimum absolute atomic E-state index is 0.132. The Balaban J connectivity index is 1.08. The van der Waals surface area contributed by atoms with E-state index in [4.69, 9.17) is 17.9 Å². The molecule has 0 N–H and O–H groups in total. The summed E-state index contributed by atoms with van der Waals surface area (Å²) >= 11 is 2.18. The Morgan fingerprint density at radius 2 is 1.08 bits per heavy atom. The van der Waals surface area contributed by atoms with Gasteiger partial charge in [-0.3, -0.25) is 0 Å². The fourth-order valence-corrected chi connectivity index (χ4v) is 11.3. The standard InChI is InChI=1S/C65H46N6O.Pt/c1-65(2,3)46-33-34-67-62(36-46)71-58-30-15-12-27-53(58)63-45(41-66)35-50(40-61(63)71)72-49-24-18-23-47(37-49)68-42-69(60-32-17-16-31-59(60)68)64-54(43-19-6-4-7-20-43)38-48(39-55(64)44-21-8-5-9-22-44)70-56-28-13-10-25-51(56)52-26-11-14-29-57(52)70;/h4-40H,1-3H3;/i4D,5D,6D,7D,8D,9D,19D,20D,21D,22D;.